The maximum atomic E-state index is 12.4. The Morgan fingerprint density at radius 3 is 2.69 bits per heavy atom. The first-order valence-electron chi connectivity index (χ1n) is 7.83. The molecule has 0 aromatic heterocycles. The molecular weight excluding hydrogens is 373 g/mol. The maximum absolute atomic E-state index is 12.4. The molecule has 1 aliphatic heterocycles. The van der Waals surface area contributed by atoms with Gasteiger partial charge in [-0.1, -0.05) is 18.2 Å². The lowest BCUT2D eigenvalue weighted by atomic mass is 10.1. The van der Waals surface area contributed by atoms with Crippen LogP contribution in [0.4, 0.5) is 13.2 Å². The average molecular weight is 392 g/mol. The number of para-hydroxylation sites is 1. The molecule has 0 saturated carbocycles. The Kier molecular flexibility index (Phi) is 6.30. The molecule has 1 aromatic rings. The van der Waals surface area contributed by atoms with E-state index in [0.717, 1.165) is 18.4 Å². The van der Waals surface area contributed by atoms with E-state index in [0.29, 0.717) is 19.4 Å². The molecular formula is C16H19F3N2O4S. The van der Waals surface area contributed by atoms with Crippen LogP contribution in [0.25, 0.3) is 6.08 Å². The van der Waals surface area contributed by atoms with Crippen molar-refractivity contribution in [2.75, 3.05) is 19.3 Å². The van der Waals surface area contributed by atoms with Crippen LogP contribution in [0.3, 0.4) is 0 Å². The molecule has 1 saturated heterocycles. The molecule has 2 rings (SSSR count). The highest BCUT2D eigenvalue weighted by atomic mass is 32.2. The first kappa shape index (κ1) is 20.2. The zero-order valence-corrected chi connectivity index (χ0v) is 14.8. The molecule has 6 nitrogen and oxygen atoms in total. The van der Waals surface area contributed by atoms with Crippen LogP contribution in [-0.4, -0.2) is 50.4 Å². The molecule has 1 N–H and O–H groups in total. The molecule has 0 spiro atoms. The third kappa shape index (κ3) is 6.34. The van der Waals surface area contributed by atoms with Crippen molar-refractivity contribution < 1.29 is 31.1 Å². The van der Waals surface area contributed by atoms with Gasteiger partial charge in [-0.15, -0.1) is 13.2 Å². The Hall–Kier alpha value is -2.07. The van der Waals surface area contributed by atoms with Gasteiger partial charge in [-0.2, -0.15) is 0 Å². The van der Waals surface area contributed by atoms with Gasteiger partial charge < -0.3 is 10.1 Å². The molecule has 1 aromatic carbocycles. The number of ether oxygens (including phenoxy) is 1. The minimum absolute atomic E-state index is 0.0985. The molecule has 1 heterocycles. The summed E-state index contributed by atoms with van der Waals surface area (Å²) in [6, 6.07) is 5.09. The van der Waals surface area contributed by atoms with E-state index in [2.05, 4.69) is 10.1 Å². The minimum Gasteiger partial charge on any atom is -0.405 e. The van der Waals surface area contributed by atoms with Gasteiger partial charge in [0.25, 0.3) is 0 Å². The third-order valence-electron chi connectivity index (χ3n) is 3.76. The molecule has 0 bridgehead atoms. The number of carbonyl (C=O) groups excluding carboxylic acids is 1. The molecule has 26 heavy (non-hydrogen) atoms. The van der Waals surface area contributed by atoms with Crippen LogP contribution in [0.15, 0.2) is 30.3 Å². The second-order valence-corrected chi connectivity index (χ2v) is 7.87. The minimum atomic E-state index is -4.83. The number of piperidine rings is 1. The Balaban J connectivity index is 2.00. The summed E-state index contributed by atoms with van der Waals surface area (Å²) in [5.41, 5.74) is 0.0985. The standard InChI is InChI=1S/C16H19F3N2O4S/c1-26(23,24)21-10-4-6-13(11-21)20-15(22)9-8-12-5-2-3-7-14(12)25-16(17,18)19/h2-3,5,7-9,13H,4,6,10-11H2,1H3,(H,20,22)/b9-8+. The second kappa shape index (κ2) is 8.09. The normalized spacial score (nSPS) is 19.5. The Morgan fingerprint density at radius 2 is 2.04 bits per heavy atom. The van der Waals surface area contributed by atoms with E-state index in [1.807, 2.05) is 0 Å². The monoisotopic (exact) mass is 392 g/mol. The van der Waals surface area contributed by atoms with Gasteiger partial charge in [0.1, 0.15) is 5.75 Å². The predicted molar refractivity (Wildman–Crippen MR) is 89.7 cm³/mol. The van der Waals surface area contributed by atoms with Gasteiger partial charge in [0, 0.05) is 30.8 Å². The zero-order valence-electron chi connectivity index (χ0n) is 14.0. The summed E-state index contributed by atoms with van der Waals surface area (Å²) >= 11 is 0. The fourth-order valence-electron chi connectivity index (χ4n) is 2.61. The first-order valence-corrected chi connectivity index (χ1v) is 9.68. The molecule has 0 radical (unpaired) electrons. The summed E-state index contributed by atoms with van der Waals surface area (Å²) in [6.45, 7) is 0.579. The van der Waals surface area contributed by atoms with Crippen molar-refractivity contribution in [3.05, 3.63) is 35.9 Å². The van der Waals surface area contributed by atoms with Crippen LogP contribution in [0.5, 0.6) is 5.75 Å². The molecule has 0 aliphatic carbocycles. The van der Waals surface area contributed by atoms with Crippen molar-refractivity contribution in [1.29, 1.82) is 0 Å². The summed E-state index contributed by atoms with van der Waals surface area (Å²) in [6.07, 6.45) is -0.174. The quantitative estimate of drug-likeness (QED) is 0.779. The number of nitrogens with one attached hydrogen (secondary N) is 1. The van der Waals surface area contributed by atoms with Crippen molar-refractivity contribution in [2.24, 2.45) is 0 Å². The van der Waals surface area contributed by atoms with E-state index in [9.17, 15) is 26.4 Å². The van der Waals surface area contributed by atoms with E-state index in [4.69, 9.17) is 0 Å². The Bertz CT molecular complexity index is 778. The van der Waals surface area contributed by atoms with Crippen LogP contribution < -0.4 is 10.1 Å². The molecule has 144 valence electrons. The molecule has 10 heteroatoms. The fourth-order valence-corrected chi connectivity index (χ4v) is 3.52. The fraction of sp³-hybridized carbons (Fsp3) is 0.438. The largest absolute Gasteiger partial charge is 0.573 e. The third-order valence-corrected chi connectivity index (χ3v) is 5.03. The highest BCUT2D eigenvalue weighted by Crippen LogP contribution is 2.27. The lowest BCUT2D eigenvalue weighted by molar-refractivity contribution is -0.274. The number of halogens is 3. The molecule has 1 unspecified atom stereocenters. The van der Waals surface area contributed by atoms with Gasteiger partial charge in [0.2, 0.25) is 15.9 Å². The van der Waals surface area contributed by atoms with Gasteiger partial charge in [0.05, 0.1) is 6.26 Å². The van der Waals surface area contributed by atoms with E-state index in [1.165, 1.54) is 28.6 Å². The number of nitrogens with zero attached hydrogens (tertiary/aromatic N) is 1. The van der Waals surface area contributed by atoms with Gasteiger partial charge in [-0.05, 0) is 25.0 Å². The highest BCUT2D eigenvalue weighted by Gasteiger charge is 2.31. The van der Waals surface area contributed by atoms with Crippen molar-refractivity contribution >= 4 is 22.0 Å². The van der Waals surface area contributed by atoms with Crippen LogP contribution in [-0.2, 0) is 14.8 Å². The summed E-state index contributed by atoms with van der Waals surface area (Å²) in [5.74, 6) is -0.933. The summed E-state index contributed by atoms with van der Waals surface area (Å²) in [5, 5.41) is 2.66. The van der Waals surface area contributed by atoms with E-state index < -0.39 is 28.0 Å². The van der Waals surface area contributed by atoms with Crippen molar-refractivity contribution in [1.82, 2.24) is 9.62 Å². The van der Waals surface area contributed by atoms with Gasteiger partial charge in [0.15, 0.2) is 0 Å². The molecule has 1 amide bonds. The number of sulfonamides is 1. The Labute approximate surface area is 149 Å². The molecule has 1 atom stereocenters. The van der Waals surface area contributed by atoms with Crippen molar-refractivity contribution in [2.45, 2.75) is 25.2 Å². The Morgan fingerprint density at radius 1 is 1.35 bits per heavy atom. The predicted octanol–water partition coefficient (Wildman–Crippen LogP) is 2.14. The van der Waals surface area contributed by atoms with Crippen LogP contribution in [0, 0.1) is 0 Å². The number of rotatable bonds is 5. The number of hydrogen-bond donors (Lipinski definition) is 1. The van der Waals surface area contributed by atoms with Crippen molar-refractivity contribution in [3.63, 3.8) is 0 Å². The lowest BCUT2D eigenvalue weighted by Gasteiger charge is -2.31. The summed E-state index contributed by atoms with van der Waals surface area (Å²) < 4.78 is 65.5. The number of carbonyl (C=O) groups is 1. The summed E-state index contributed by atoms with van der Waals surface area (Å²) in [4.78, 5) is 12.0. The average Bonchev–Trinajstić information content (AvgIpc) is 2.52. The van der Waals surface area contributed by atoms with Crippen LogP contribution in [0.1, 0.15) is 18.4 Å². The van der Waals surface area contributed by atoms with Gasteiger partial charge in [-0.25, -0.2) is 12.7 Å². The zero-order chi connectivity index (χ0) is 19.4. The number of hydrogen-bond acceptors (Lipinski definition) is 4. The lowest BCUT2D eigenvalue weighted by Crippen LogP contribution is -2.48. The maximum Gasteiger partial charge on any atom is 0.573 e. The number of benzene rings is 1. The molecule has 1 aliphatic rings. The summed E-state index contributed by atoms with van der Waals surface area (Å²) in [7, 11) is -3.33. The van der Waals surface area contributed by atoms with Crippen molar-refractivity contribution in [3.8, 4) is 5.75 Å². The topological polar surface area (TPSA) is 75.7 Å². The smallest absolute Gasteiger partial charge is 0.405 e. The van der Waals surface area contributed by atoms with E-state index >= 15 is 0 Å². The van der Waals surface area contributed by atoms with Crippen LogP contribution in [0.2, 0.25) is 0 Å². The van der Waals surface area contributed by atoms with Crippen LogP contribution >= 0.6 is 0 Å². The van der Waals surface area contributed by atoms with E-state index in [1.54, 1.807) is 0 Å². The highest BCUT2D eigenvalue weighted by molar-refractivity contribution is 7.88. The second-order valence-electron chi connectivity index (χ2n) is 5.89. The first-order chi connectivity index (χ1) is 12.0. The van der Waals surface area contributed by atoms with Gasteiger partial charge >= 0.3 is 6.36 Å². The van der Waals surface area contributed by atoms with Gasteiger partial charge in [-0.3, -0.25) is 4.79 Å². The number of alkyl halides is 3. The number of amides is 1. The SMILES string of the molecule is CS(=O)(=O)N1CCCC(NC(=O)/C=C/c2ccccc2OC(F)(F)F)C1. The van der Waals surface area contributed by atoms with E-state index in [-0.39, 0.29) is 18.2 Å². The molecule has 1 fully saturated rings.